The van der Waals surface area contributed by atoms with Gasteiger partial charge in [-0.15, -0.1) is 0 Å². The normalized spacial score (nSPS) is 14.0. The molecule has 0 fully saturated rings. The van der Waals surface area contributed by atoms with E-state index in [9.17, 15) is 4.57 Å². The molecule has 0 aliphatic heterocycles. The van der Waals surface area contributed by atoms with Gasteiger partial charge < -0.3 is 29.2 Å². The van der Waals surface area contributed by atoms with E-state index < -0.39 is 8.25 Å². The third-order valence-corrected chi connectivity index (χ3v) is 2.97. The van der Waals surface area contributed by atoms with Crippen LogP contribution in [-0.2, 0) is 9.09 Å². The molecule has 0 radical (unpaired) electrons. The number of hydrogen-bond acceptors (Lipinski definition) is 5. The fourth-order valence-electron chi connectivity index (χ4n) is 1.63. The minimum atomic E-state index is -2.95. The van der Waals surface area contributed by atoms with Gasteiger partial charge in [-0.1, -0.05) is 0 Å². The molecular formula is C8H21NO6P+. The molecule has 0 aromatic carbocycles. The molecule has 0 amide bonds. The summed E-state index contributed by atoms with van der Waals surface area (Å²) in [7, 11) is -2.95. The molecule has 0 rings (SSSR count). The zero-order valence-electron chi connectivity index (χ0n) is 9.21. The van der Waals surface area contributed by atoms with E-state index in [-0.39, 0.29) is 30.9 Å². The van der Waals surface area contributed by atoms with Gasteiger partial charge in [-0.05, 0) is 0 Å². The molecule has 0 aromatic heterocycles. The fourth-order valence-corrected chi connectivity index (χ4v) is 1.90. The van der Waals surface area contributed by atoms with Crippen LogP contribution in [0.3, 0.4) is 0 Å². The van der Waals surface area contributed by atoms with Gasteiger partial charge >= 0.3 is 8.25 Å². The van der Waals surface area contributed by atoms with Crippen LogP contribution in [0.25, 0.3) is 0 Å². The van der Waals surface area contributed by atoms with Crippen LogP contribution < -0.4 is 0 Å². The number of nitrogens with zero attached hydrogens (tertiary/aromatic N) is 1. The minimum Gasteiger partial charge on any atom is -0.391 e. The van der Waals surface area contributed by atoms with Crippen LogP contribution in [-0.4, -0.2) is 77.3 Å². The molecular weight excluding hydrogens is 237 g/mol. The Morgan fingerprint density at radius 3 is 1.69 bits per heavy atom. The Morgan fingerprint density at radius 1 is 0.938 bits per heavy atom. The highest BCUT2D eigenvalue weighted by Crippen LogP contribution is 2.15. The number of quaternary nitrogens is 1. The Hall–Kier alpha value is -0.0100. The summed E-state index contributed by atoms with van der Waals surface area (Å²) in [6, 6.07) is 0. The summed E-state index contributed by atoms with van der Waals surface area (Å²) in [6.45, 7) is 1.33. The summed E-state index contributed by atoms with van der Waals surface area (Å²) >= 11 is 0. The maximum atomic E-state index is 10.4. The molecule has 98 valence electrons. The number of hydrogen-bond donors (Lipinski definition) is 4. The highest BCUT2D eigenvalue weighted by atomic mass is 31.1. The van der Waals surface area contributed by atoms with Crippen molar-refractivity contribution in [3.8, 4) is 0 Å². The van der Waals surface area contributed by atoms with Gasteiger partial charge in [-0.2, -0.15) is 0 Å². The zero-order valence-corrected chi connectivity index (χ0v) is 10.2. The number of aliphatic hydroxyl groups is 3. The average molecular weight is 258 g/mol. The lowest BCUT2D eigenvalue weighted by Gasteiger charge is -2.37. The summed E-state index contributed by atoms with van der Waals surface area (Å²) in [5.74, 6) is 0. The molecule has 1 unspecified atom stereocenters. The molecule has 0 saturated carbocycles. The van der Waals surface area contributed by atoms with Gasteiger partial charge in [0.05, 0.1) is 19.8 Å². The van der Waals surface area contributed by atoms with Crippen molar-refractivity contribution in [2.24, 2.45) is 0 Å². The molecule has 1 atom stereocenters. The van der Waals surface area contributed by atoms with Gasteiger partial charge in [0.25, 0.3) is 0 Å². The number of rotatable bonds is 10. The van der Waals surface area contributed by atoms with Crippen molar-refractivity contribution in [1.82, 2.24) is 0 Å². The molecule has 7 nitrogen and oxygen atoms in total. The van der Waals surface area contributed by atoms with E-state index in [4.69, 9.17) is 20.2 Å². The SMILES string of the molecule is O=[PH](O)OCC[N+](CCO)(CCO)CCO. The lowest BCUT2D eigenvalue weighted by atomic mass is 10.3. The van der Waals surface area contributed by atoms with Gasteiger partial charge in [-0.25, -0.2) is 0 Å². The third-order valence-electron chi connectivity index (χ3n) is 2.51. The van der Waals surface area contributed by atoms with E-state index in [1.54, 1.807) is 0 Å². The molecule has 8 heteroatoms. The summed E-state index contributed by atoms with van der Waals surface area (Å²) in [6.07, 6.45) is 0. The van der Waals surface area contributed by atoms with E-state index in [1.807, 2.05) is 0 Å². The summed E-state index contributed by atoms with van der Waals surface area (Å²) < 4.78 is 15.2. The second kappa shape index (κ2) is 9.07. The summed E-state index contributed by atoms with van der Waals surface area (Å²) in [5.41, 5.74) is 0. The van der Waals surface area contributed by atoms with Crippen LogP contribution in [0.4, 0.5) is 0 Å². The molecule has 4 N–H and O–H groups in total. The van der Waals surface area contributed by atoms with E-state index in [1.165, 1.54) is 0 Å². The van der Waals surface area contributed by atoms with Crippen molar-refractivity contribution in [1.29, 1.82) is 0 Å². The Labute approximate surface area is 95.4 Å². The smallest absolute Gasteiger partial charge is 0.316 e. The van der Waals surface area contributed by atoms with E-state index in [2.05, 4.69) is 4.52 Å². The zero-order chi connectivity index (χ0) is 12.4. The maximum absolute atomic E-state index is 10.4. The molecule has 16 heavy (non-hydrogen) atoms. The van der Waals surface area contributed by atoms with Gasteiger partial charge in [0, 0.05) is 0 Å². The van der Waals surface area contributed by atoms with Crippen LogP contribution in [0.15, 0.2) is 0 Å². The summed E-state index contributed by atoms with van der Waals surface area (Å²) in [5, 5.41) is 26.8. The number of aliphatic hydroxyl groups excluding tert-OH is 3. The lowest BCUT2D eigenvalue weighted by molar-refractivity contribution is -0.928. The second-order valence-electron chi connectivity index (χ2n) is 3.52. The van der Waals surface area contributed by atoms with E-state index in [0.717, 1.165) is 0 Å². The van der Waals surface area contributed by atoms with Crippen LogP contribution in [0.2, 0.25) is 0 Å². The average Bonchev–Trinajstić information content (AvgIpc) is 2.18. The van der Waals surface area contributed by atoms with Crippen LogP contribution in [0, 0.1) is 0 Å². The van der Waals surface area contributed by atoms with E-state index >= 15 is 0 Å². The molecule has 0 spiro atoms. The van der Waals surface area contributed by atoms with Gasteiger partial charge in [-0.3, -0.25) is 4.57 Å². The van der Waals surface area contributed by atoms with Crippen LogP contribution in [0.1, 0.15) is 0 Å². The van der Waals surface area contributed by atoms with Crippen molar-refractivity contribution in [3.63, 3.8) is 0 Å². The molecule has 0 heterocycles. The monoisotopic (exact) mass is 258 g/mol. The van der Waals surface area contributed by atoms with E-state index in [0.29, 0.717) is 26.2 Å². The molecule has 0 bridgehead atoms. The van der Waals surface area contributed by atoms with Crippen LogP contribution in [0.5, 0.6) is 0 Å². The maximum Gasteiger partial charge on any atom is 0.316 e. The minimum absolute atomic E-state index is 0.0638. The third kappa shape index (κ3) is 6.55. The Morgan fingerprint density at radius 2 is 1.38 bits per heavy atom. The molecule has 0 saturated heterocycles. The van der Waals surface area contributed by atoms with Gasteiger partial charge in [0.2, 0.25) is 0 Å². The lowest BCUT2D eigenvalue weighted by Crippen LogP contribution is -2.54. The van der Waals surface area contributed by atoms with Crippen LogP contribution >= 0.6 is 8.25 Å². The topological polar surface area (TPSA) is 107 Å². The molecule has 0 aliphatic carbocycles. The van der Waals surface area contributed by atoms with Crippen molar-refractivity contribution < 1.29 is 33.8 Å². The second-order valence-corrected chi connectivity index (χ2v) is 4.34. The Kier molecular flexibility index (Phi) is 9.06. The van der Waals surface area contributed by atoms with Crippen molar-refractivity contribution in [3.05, 3.63) is 0 Å². The first-order valence-electron chi connectivity index (χ1n) is 5.13. The first-order valence-corrected chi connectivity index (χ1v) is 6.40. The summed E-state index contributed by atoms with van der Waals surface area (Å²) in [4.78, 5) is 8.51. The first-order chi connectivity index (χ1) is 7.60. The van der Waals surface area contributed by atoms with Gasteiger partial charge in [0.1, 0.15) is 32.8 Å². The fraction of sp³-hybridized carbons (Fsp3) is 1.00. The van der Waals surface area contributed by atoms with Crippen molar-refractivity contribution in [2.45, 2.75) is 0 Å². The standard InChI is InChI=1S/C8H20NO6P/c10-5-1-9(2-6-11,3-7-12)4-8-15-16(13)14/h10-12,16H,1-8H2/p+1. The van der Waals surface area contributed by atoms with Gasteiger partial charge in [0.15, 0.2) is 0 Å². The predicted molar refractivity (Wildman–Crippen MR) is 58.2 cm³/mol. The Balaban J connectivity index is 4.28. The Bertz CT molecular complexity index is 186. The molecule has 0 aromatic rings. The van der Waals surface area contributed by atoms with Crippen molar-refractivity contribution >= 4 is 8.25 Å². The predicted octanol–water partition coefficient (Wildman–Crippen LogP) is -1.82. The highest BCUT2D eigenvalue weighted by molar-refractivity contribution is 7.32. The first kappa shape index (κ1) is 16.0. The largest absolute Gasteiger partial charge is 0.391 e. The van der Waals surface area contributed by atoms with Crippen molar-refractivity contribution in [2.75, 3.05) is 52.6 Å². The quantitative estimate of drug-likeness (QED) is 0.271. The highest BCUT2D eigenvalue weighted by Gasteiger charge is 2.25. The molecule has 0 aliphatic rings.